The minimum Gasteiger partial charge on any atom is -0.288 e. The number of halogens is 2. The maximum Gasteiger partial charge on any atom is 0.206 e. The quantitative estimate of drug-likeness (QED) is 0.0714. The van der Waals surface area contributed by atoms with Crippen LogP contribution in [0.2, 0.25) is 0 Å². The number of hydrogen-bond donors (Lipinski definition) is 0. The van der Waals surface area contributed by atoms with Crippen LogP contribution in [0.5, 0.6) is 0 Å². The third-order valence-electron chi connectivity index (χ3n) is 17.2. The summed E-state index contributed by atoms with van der Waals surface area (Å²) in [5.74, 6) is -1.06. The number of hydrogen-bond acceptors (Lipinski definition) is 4. The molecule has 0 aromatic heterocycles. The van der Waals surface area contributed by atoms with Gasteiger partial charge in [-0.05, 0) is 165 Å². The molecule has 0 atom stereocenters. The van der Waals surface area contributed by atoms with E-state index in [2.05, 4.69) is 133 Å². The topological polar surface area (TPSA) is 68.3 Å². The number of rotatable bonds is 16. The fourth-order valence-electron chi connectivity index (χ4n) is 12.3. The molecule has 86 heavy (non-hydrogen) atoms. The van der Waals surface area contributed by atoms with Crippen molar-refractivity contribution in [3.05, 3.63) is 238 Å². The van der Waals surface area contributed by atoms with Crippen molar-refractivity contribution in [2.24, 2.45) is 0 Å². The van der Waals surface area contributed by atoms with Crippen LogP contribution in [0.25, 0.3) is 33.4 Å². The van der Waals surface area contributed by atoms with E-state index in [0.717, 1.165) is 44.5 Å². The molecule has 0 saturated heterocycles. The zero-order valence-electron chi connectivity index (χ0n) is 53.6. The van der Waals surface area contributed by atoms with E-state index >= 15 is 19.2 Å². The summed E-state index contributed by atoms with van der Waals surface area (Å²) in [6, 6.07) is 44.7. The molecule has 0 bridgehead atoms. The van der Waals surface area contributed by atoms with E-state index < -0.39 is 7.92 Å². The highest BCUT2D eigenvalue weighted by Gasteiger charge is 2.41. The van der Waals surface area contributed by atoms with Crippen LogP contribution in [0.4, 0.5) is 0 Å². The van der Waals surface area contributed by atoms with Gasteiger partial charge in [0.15, 0.2) is 11.6 Å². The zero-order valence-corrected chi connectivity index (χ0v) is 56.0. The summed E-state index contributed by atoms with van der Waals surface area (Å²) < 4.78 is 0. The van der Waals surface area contributed by atoms with Crippen molar-refractivity contribution >= 4 is 104 Å². The molecule has 0 amide bonds. The number of carbonyl (C=O) groups excluding carboxylic acids is 4. The van der Waals surface area contributed by atoms with Gasteiger partial charge in [0, 0.05) is 22.3 Å². The van der Waals surface area contributed by atoms with Crippen LogP contribution < -0.4 is 15.9 Å². The molecule has 7 aromatic rings. The van der Waals surface area contributed by atoms with Crippen molar-refractivity contribution in [2.45, 2.75) is 166 Å². The van der Waals surface area contributed by atoms with Crippen LogP contribution in [-0.2, 0) is 19.2 Å². The van der Waals surface area contributed by atoms with Crippen molar-refractivity contribution in [3.8, 4) is 0 Å². The Kier molecular flexibility index (Phi) is 18.9. The minimum atomic E-state index is -1.52. The number of ketones is 4. The molecule has 2 aliphatic rings. The van der Waals surface area contributed by atoms with Crippen LogP contribution >= 0.6 is 31.1 Å². The average Bonchev–Trinajstić information content (AvgIpc) is 0.918. The number of benzene rings is 7. The van der Waals surface area contributed by atoms with Gasteiger partial charge in [-0.15, -0.1) is 0 Å². The summed E-state index contributed by atoms with van der Waals surface area (Å²) in [7, 11) is -1.52. The Morgan fingerprint density at radius 2 is 0.477 bits per heavy atom. The molecule has 0 unspecified atom stereocenters. The van der Waals surface area contributed by atoms with E-state index in [0.29, 0.717) is 55.7 Å². The monoisotopic (exact) mass is 1200 g/mol. The maximum atomic E-state index is 15.9. The first kappa shape index (κ1) is 63.7. The van der Waals surface area contributed by atoms with Crippen LogP contribution in [0, 0.1) is 27.7 Å². The Bertz CT molecular complexity index is 3690. The van der Waals surface area contributed by atoms with Gasteiger partial charge in [-0.1, -0.05) is 276 Å². The van der Waals surface area contributed by atoms with Gasteiger partial charge in [-0.2, -0.15) is 0 Å². The summed E-state index contributed by atoms with van der Waals surface area (Å²) in [6.07, 6.45) is 0. The Labute approximate surface area is 523 Å². The lowest BCUT2D eigenvalue weighted by molar-refractivity contribution is -0.112. The van der Waals surface area contributed by atoms with Crippen molar-refractivity contribution < 1.29 is 19.2 Å². The van der Waals surface area contributed by atoms with E-state index in [9.17, 15) is 0 Å². The van der Waals surface area contributed by atoms with Gasteiger partial charge in [0.1, 0.15) is 10.1 Å². The van der Waals surface area contributed by atoms with Crippen molar-refractivity contribution in [3.63, 3.8) is 0 Å². The molecule has 0 heterocycles. The first-order valence-electron chi connectivity index (χ1n) is 30.7. The number of carbonyl (C=O) groups is 4. The lowest BCUT2D eigenvalue weighted by Crippen LogP contribution is -2.35. The molecule has 9 rings (SSSR count). The molecule has 0 fully saturated rings. The molecule has 4 nitrogen and oxygen atoms in total. The molecule has 0 saturated carbocycles. The van der Waals surface area contributed by atoms with Gasteiger partial charge in [0.25, 0.3) is 0 Å². The largest absolute Gasteiger partial charge is 0.288 e. The summed E-state index contributed by atoms with van der Waals surface area (Å²) in [6.45, 7) is 39.8. The molecule has 0 aliphatic heterocycles. The predicted molar refractivity (Wildman–Crippen MR) is 368 cm³/mol. The maximum absolute atomic E-state index is 15.9. The van der Waals surface area contributed by atoms with Crippen LogP contribution in [0.15, 0.2) is 144 Å². The molecular weight excluding hydrogens is 1110 g/mol. The molecule has 0 spiro atoms. The second-order valence-electron chi connectivity index (χ2n) is 26.1. The normalized spacial score (nSPS) is 14.6. The SMILES string of the molecule is Cc1ccc(C2=C(Cl)C(=O)C(c3ccc(C)cc3)=C(c3cc(C(C)C)c(P(c4c(C(C)C)cc(C5=C(c6ccc(C)cc6)C(=O)C(Cl)=C(c6ccc(C)cc6)C5=O)cc4C(C)C)c4c(C(C)C)cc(C(C)C)cc4C(C)C)c(C(C)C)c3)C2=O)cc1. The molecule has 7 heteroatoms. The van der Waals surface area contributed by atoms with Crippen LogP contribution in [0.1, 0.15) is 233 Å². The smallest absolute Gasteiger partial charge is 0.206 e. The highest BCUT2D eigenvalue weighted by molar-refractivity contribution is 7.80. The standard InChI is InChI=1S/C79H83Cl2O4P/c1-41(2)56-35-59(42(3)4)77(60(36-56)43(5)6)86(78-61(44(7)8)37-57(38-62(78)45(9)10)67-65(52-27-19-48(15)20-28-52)75(84)71(80)69(73(67)82)54-31-23-50(17)24-32-54)79-63(46(11)12)39-58(40-64(79)47(13)14)68-66(53-29-21-49(16)22-30-53)76(85)72(81)70(74(68)83)55-33-25-51(18)26-34-55/h19-47H,1-18H3. The Hall–Kier alpha value is -6.81. The van der Waals surface area contributed by atoms with E-state index in [1.807, 2.05) is 125 Å². The molecule has 0 N–H and O–H groups in total. The molecule has 7 aromatic carbocycles. The number of allylic oxidation sites excluding steroid dienone is 8. The number of Topliss-reactive ketones (excluding diaryl/α,β-unsaturated/α-hetero) is 4. The second kappa shape index (κ2) is 25.5. The predicted octanol–water partition coefficient (Wildman–Crippen LogP) is 20.0. The fraction of sp³-hybridized carbons (Fsp3) is 0.316. The lowest BCUT2D eigenvalue weighted by Gasteiger charge is -2.37. The molecule has 0 radical (unpaired) electrons. The van der Waals surface area contributed by atoms with E-state index in [-0.39, 0.29) is 85.8 Å². The second-order valence-corrected chi connectivity index (χ2v) is 28.9. The summed E-state index contributed by atoms with van der Waals surface area (Å²) in [4.78, 5) is 62.2. The van der Waals surface area contributed by atoms with Crippen LogP contribution in [0.3, 0.4) is 0 Å². The zero-order chi connectivity index (χ0) is 62.7. The van der Waals surface area contributed by atoms with Crippen LogP contribution in [-0.4, -0.2) is 23.1 Å². The van der Waals surface area contributed by atoms with Crippen molar-refractivity contribution in [1.29, 1.82) is 0 Å². The van der Waals surface area contributed by atoms with Gasteiger partial charge in [-0.25, -0.2) is 0 Å². The Morgan fingerprint density at radius 1 is 0.267 bits per heavy atom. The molecule has 442 valence electrons. The third-order valence-corrected chi connectivity index (χ3v) is 20.8. The minimum absolute atomic E-state index is 0.0602. The van der Waals surface area contributed by atoms with Gasteiger partial charge in [0.2, 0.25) is 11.6 Å². The summed E-state index contributed by atoms with van der Waals surface area (Å²) >= 11 is 14.4. The average molecular weight is 1200 g/mol. The lowest BCUT2D eigenvalue weighted by atomic mass is 9.78. The van der Waals surface area contributed by atoms with E-state index in [1.165, 1.54) is 32.6 Å². The first-order valence-corrected chi connectivity index (χ1v) is 32.8. The van der Waals surface area contributed by atoms with Gasteiger partial charge < -0.3 is 0 Å². The number of aryl methyl sites for hydroxylation is 4. The Morgan fingerprint density at radius 3 is 0.698 bits per heavy atom. The third kappa shape index (κ3) is 12.0. The van der Waals surface area contributed by atoms with Gasteiger partial charge >= 0.3 is 0 Å². The fourth-order valence-corrected chi connectivity index (χ4v) is 17.0. The van der Waals surface area contributed by atoms with Gasteiger partial charge in [0.05, 0.1) is 11.1 Å². The van der Waals surface area contributed by atoms with E-state index in [1.54, 1.807) is 0 Å². The summed E-state index contributed by atoms with van der Waals surface area (Å²) in [5, 5.41) is 3.60. The van der Waals surface area contributed by atoms with E-state index in [4.69, 9.17) is 23.2 Å². The highest BCUT2D eigenvalue weighted by Crippen LogP contribution is 2.51. The highest BCUT2D eigenvalue weighted by atomic mass is 35.5. The van der Waals surface area contributed by atoms with Gasteiger partial charge in [-0.3, -0.25) is 19.2 Å². The van der Waals surface area contributed by atoms with Crippen molar-refractivity contribution in [2.75, 3.05) is 0 Å². The molecular formula is C79H83Cl2O4P. The molecule has 2 aliphatic carbocycles. The van der Waals surface area contributed by atoms with Crippen molar-refractivity contribution in [1.82, 2.24) is 0 Å². The first-order chi connectivity index (χ1) is 40.6. The summed E-state index contributed by atoms with van der Waals surface area (Å²) in [5.41, 5.74) is 17.8. The Balaban J connectivity index is 1.45.